The molecule has 1 aliphatic rings. The lowest BCUT2D eigenvalue weighted by Crippen LogP contribution is -2.49. The highest BCUT2D eigenvalue weighted by molar-refractivity contribution is 5.81. The number of ether oxygens (including phenoxy) is 1. The van der Waals surface area contributed by atoms with Gasteiger partial charge >= 0.3 is 0 Å². The number of aromatic nitrogens is 1. The average molecular weight is 331 g/mol. The van der Waals surface area contributed by atoms with Crippen molar-refractivity contribution in [2.45, 2.75) is 44.7 Å². The molecule has 2 aromatic rings. The SMILES string of the molecule is CN1CCCC1CC(=O)NC(C)(C)COc1nccc2ccoc12. The highest BCUT2D eigenvalue weighted by atomic mass is 16.5. The Labute approximate surface area is 142 Å². The van der Waals surface area contributed by atoms with Crippen molar-refractivity contribution in [1.29, 1.82) is 0 Å². The quantitative estimate of drug-likeness (QED) is 0.881. The first kappa shape index (κ1) is 16.8. The Morgan fingerprint density at radius 2 is 2.33 bits per heavy atom. The molecule has 0 saturated carbocycles. The molecule has 6 heteroatoms. The fraction of sp³-hybridized carbons (Fsp3) is 0.556. The zero-order chi connectivity index (χ0) is 17.2. The first-order chi connectivity index (χ1) is 11.4. The summed E-state index contributed by atoms with van der Waals surface area (Å²) in [5, 5.41) is 4.02. The average Bonchev–Trinajstić information content (AvgIpc) is 3.14. The van der Waals surface area contributed by atoms with Gasteiger partial charge in [0.05, 0.1) is 11.8 Å². The van der Waals surface area contributed by atoms with Gasteiger partial charge in [-0.25, -0.2) is 4.98 Å². The second-order valence-electron chi connectivity index (χ2n) is 7.16. The number of nitrogens with zero attached hydrogens (tertiary/aromatic N) is 2. The highest BCUT2D eigenvalue weighted by Crippen LogP contribution is 2.24. The number of hydrogen-bond acceptors (Lipinski definition) is 5. The van der Waals surface area contributed by atoms with E-state index in [0.29, 0.717) is 30.5 Å². The Morgan fingerprint density at radius 1 is 1.50 bits per heavy atom. The number of nitrogens with one attached hydrogen (secondary N) is 1. The topological polar surface area (TPSA) is 67.6 Å². The molecule has 6 nitrogen and oxygen atoms in total. The molecule has 24 heavy (non-hydrogen) atoms. The van der Waals surface area contributed by atoms with Crippen LogP contribution in [0.3, 0.4) is 0 Å². The van der Waals surface area contributed by atoms with Gasteiger partial charge in [-0.3, -0.25) is 4.79 Å². The maximum absolute atomic E-state index is 12.3. The summed E-state index contributed by atoms with van der Waals surface area (Å²) < 4.78 is 11.2. The number of furan rings is 1. The molecule has 1 fully saturated rings. The van der Waals surface area contributed by atoms with E-state index in [1.54, 1.807) is 12.5 Å². The maximum atomic E-state index is 12.3. The lowest BCUT2D eigenvalue weighted by molar-refractivity contribution is -0.124. The van der Waals surface area contributed by atoms with Crippen molar-refractivity contribution in [3.05, 3.63) is 24.6 Å². The van der Waals surface area contributed by atoms with Gasteiger partial charge in [0.15, 0.2) is 5.58 Å². The molecule has 1 amide bonds. The number of likely N-dealkylation sites (tertiary alicyclic amines) is 1. The van der Waals surface area contributed by atoms with Gasteiger partial charge in [-0.1, -0.05) is 0 Å². The third kappa shape index (κ3) is 3.87. The minimum Gasteiger partial charge on any atom is -0.473 e. The van der Waals surface area contributed by atoms with Crippen molar-refractivity contribution in [3.8, 4) is 5.88 Å². The summed E-state index contributed by atoms with van der Waals surface area (Å²) in [6.07, 6.45) is 6.09. The molecule has 1 unspecified atom stereocenters. The third-order valence-electron chi connectivity index (χ3n) is 4.48. The first-order valence-electron chi connectivity index (χ1n) is 8.41. The fourth-order valence-corrected chi connectivity index (χ4v) is 3.14. The molecule has 2 aromatic heterocycles. The number of fused-ring (bicyclic) bond motifs is 1. The van der Waals surface area contributed by atoms with Crippen molar-refractivity contribution in [2.75, 3.05) is 20.2 Å². The number of rotatable bonds is 6. The molecule has 1 atom stereocenters. The predicted octanol–water partition coefficient (Wildman–Crippen LogP) is 2.59. The van der Waals surface area contributed by atoms with Gasteiger partial charge in [-0.2, -0.15) is 0 Å². The molecule has 3 rings (SSSR count). The molecule has 1 aliphatic heterocycles. The van der Waals surface area contributed by atoms with Crippen LogP contribution in [0.25, 0.3) is 11.0 Å². The molecule has 0 aliphatic carbocycles. The molecule has 3 heterocycles. The number of amides is 1. The Bertz CT molecular complexity index is 710. The number of carbonyl (C=O) groups is 1. The molecule has 1 saturated heterocycles. The van der Waals surface area contributed by atoms with E-state index in [9.17, 15) is 4.79 Å². The van der Waals surface area contributed by atoms with Crippen LogP contribution >= 0.6 is 0 Å². The third-order valence-corrected chi connectivity index (χ3v) is 4.48. The van der Waals surface area contributed by atoms with E-state index in [2.05, 4.69) is 22.2 Å². The van der Waals surface area contributed by atoms with Gasteiger partial charge in [0, 0.05) is 24.0 Å². The van der Waals surface area contributed by atoms with Crippen LogP contribution in [0.4, 0.5) is 0 Å². The Balaban J connectivity index is 1.55. The molecule has 0 bridgehead atoms. The van der Waals surface area contributed by atoms with E-state index >= 15 is 0 Å². The smallest absolute Gasteiger partial charge is 0.258 e. The second-order valence-corrected chi connectivity index (χ2v) is 7.16. The number of hydrogen-bond donors (Lipinski definition) is 1. The summed E-state index contributed by atoms with van der Waals surface area (Å²) in [6, 6.07) is 4.09. The number of pyridine rings is 1. The van der Waals surface area contributed by atoms with Gasteiger partial charge in [-0.15, -0.1) is 0 Å². The standard InChI is InChI=1S/C18H25N3O3/c1-18(2,20-15(22)11-14-5-4-9-21(14)3)12-24-17-16-13(6-8-19-17)7-10-23-16/h6-8,10,14H,4-5,9,11-12H2,1-3H3,(H,20,22). The van der Waals surface area contributed by atoms with E-state index in [1.807, 2.05) is 26.0 Å². The van der Waals surface area contributed by atoms with Crippen LogP contribution in [0, 0.1) is 0 Å². The van der Waals surface area contributed by atoms with E-state index in [-0.39, 0.29) is 5.91 Å². The van der Waals surface area contributed by atoms with Crippen LogP contribution in [-0.4, -0.2) is 47.6 Å². The lowest BCUT2D eigenvalue weighted by atomic mass is 10.1. The number of carbonyl (C=O) groups excluding carboxylic acids is 1. The van der Waals surface area contributed by atoms with Gasteiger partial charge in [0.2, 0.25) is 5.91 Å². The summed E-state index contributed by atoms with van der Waals surface area (Å²) in [5.41, 5.74) is 0.150. The molecular formula is C18H25N3O3. The second kappa shape index (κ2) is 6.81. The summed E-state index contributed by atoms with van der Waals surface area (Å²) in [4.78, 5) is 18.8. The van der Waals surface area contributed by atoms with E-state index < -0.39 is 5.54 Å². The summed E-state index contributed by atoms with van der Waals surface area (Å²) in [5.74, 6) is 0.516. The van der Waals surface area contributed by atoms with Crippen LogP contribution < -0.4 is 10.1 Å². The van der Waals surface area contributed by atoms with Crippen molar-refractivity contribution in [2.24, 2.45) is 0 Å². The van der Waals surface area contributed by atoms with Crippen molar-refractivity contribution < 1.29 is 13.9 Å². The van der Waals surface area contributed by atoms with Crippen LogP contribution in [0.2, 0.25) is 0 Å². The van der Waals surface area contributed by atoms with E-state index in [0.717, 1.165) is 18.4 Å². The molecule has 0 spiro atoms. The minimum atomic E-state index is -0.481. The molecule has 1 N–H and O–H groups in total. The minimum absolute atomic E-state index is 0.0616. The summed E-state index contributed by atoms with van der Waals surface area (Å²) in [7, 11) is 2.08. The van der Waals surface area contributed by atoms with Gasteiger partial charge in [0.25, 0.3) is 5.88 Å². The Kier molecular flexibility index (Phi) is 4.76. The highest BCUT2D eigenvalue weighted by Gasteiger charge is 2.27. The van der Waals surface area contributed by atoms with Crippen molar-refractivity contribution in [3.63, 3.8) is 0 Å². The summed E-state index contributed by atoms with van der Waals surface area (Å²) >= 11 is 0. The van der Waals surface area contributed by atoms with Crippen molar-refractivity contribution in [1.82, 2.24) is 15.2 Å². The van der Waals surface area contributed by atoms with Gasteiger partial charge in [0.1, 0.15) is 6.61 Å². The maximum Gasteiger partial charge on any atom is 0.258 e. The van der Waals surface area contributed by atoms with Crippen LogP contribution in [-0.2, 0) is 4.79 Å². The molecule has 130 valence electrons. The van der Waals surface area contributed by atoms with Gasteiger partial charge < -0.3 is 19.4 Å². The Hall–Kier alpha value is -2.08. The molecule has 0 aromatic carbocycles. The van der Waals surface area contributed by atoms with E-state index in [4.69, 9.17) is 9.15 Å². The first-order valence-corrected chi connectivity index (χ1v) is 8.41. The summed E-state index contributed by atoms with van der Waals surface area (Å²) in [6.45, 7) is 5.30. The fourth-order valence-electron chi connectivity index (χ4n) is 3.14. The zero-order valence-corrected chi connectivity index (χ0v) is 14.5. The zero-order valence-electron chi connectivity index (χ0n) is 14.5. The predicted molar refractivity (Wildman–Crippen MR) is 92.0 cm³/mol. The van der Waals surface area contributed by atoms with E-state index in [1.165, 1.54) is 6.42 Å². The van der Waals surface area contributed by atoms with Crippen LogP contribution in [0.5, 0.6) is 5.88 Å². The van der Waals surface area contributed by atoms with Crippen LogP contribution in [0.1, 0.15) is 33.1 Å². The normalized spacial score (nSPS) is 18.9. The van der Waals surface area contributed by atoms with Gasteiger partial charge in [-0.05, 0) is 52.4 Å². The molecular weight excluding hydrogens is 306 g/mol. The molecule has 0 radical (unpaired) electrons. The van der Waals surface area contributed by atoms with Crippen molar-refractivity contribution >= 4 is 16.9 Å². The Morgan fingerprint density at radius 3 is 3.08 bits per heavy atom. The monoisotopic (exact) mass is 331 g/mol. The van der Waals surface area contributed by atoms with Crippen LogP contribution in [0.15, 0.2) is 29.0 Å². The largest absolute Gasteiger partial charge is 0.473 e. The lowest BCUT2D eigenvalue weighted by Gasteiger charge is -2.27.